The third-order valence-electron chi connectivity index (χ3n) is 7.37. The first-order valence-electron chi connectivity index (χ1n) is 13.8. The number of rotatable bonds is 9. The number of nitrogens with one attached hydrogen (secondary N) is 3. The van der Waals surface area contributed by atoms with Crippen molar-refractivity contribution < 1.29 is 14.4 Å². The van der Waals surface area contributed by atoms with Gasteiger partial charge in [0.05, 0.1) is 12.1 Å². The maximum atomic E-state index is 14.1. The molecule has 9 nitrogen and oxygen atoms in total. The molecule has 0 spiro atoms. The summed E-state index contributed by atoms with van der Waals surface area (Å²) in [5.41, 5.74) is 4.48. The lowest BCUT2D eigenvalue weighted by Crippen LogP contribution is -2.67. The Kier molecular flexibility index (Phi) is 8.76. The fourth-order valence-corrected chi connectivity index (χ4v) is 5.01. The third-order valence-corrected chi connectivity index (χ3v) is 7.37. The molecule has 4 rings (SSSR count). The molecular weight excluding hydrogens is 516 g/mol. The molecule has 0 radical (unpaired) electrons. The van der Waals surface area contributed by atoms with Crippen LogP contribution in [-0.4, -0.2) is 42.3 Å². The van der Waals surface area contributed by atoms with E-state index in [1.807, 2.05) is 63.2 Å². The van der Waals surface area contributed by atoms with Gasteiger partial charge >= 0.3 is 5.91 Å². The van der Waals surface area contributed by atoms with Crippen molar-refractivity contribution in [3.05, 3.63) is 89.0 Å². The lowest BCUT2D eigenvalue weighted by atomic mass is 9.99. The summed E-state index contributed by atoms with van der Waals surface area (Å²) in [6.07, 6.45) is 0.0786. The molecule has 0 saturated carbocycles. The monoisotopic (exact) mass is 554 g/mol. The highest BCUT2D eigenvalue weighted by Gasteiger charge is 2.54. The Bertz CT molecular complexity index is 1440. The predicted octanol–water partition coefficient (Wildman–Crippen LogP) is 4.42. The number of amides is 3. The molecule has 3 N–H and O–H groups in total. The van der Waals surface area contributed by atoms with Crippen molar-refractivity contribution in [2.24, 2.45) is 5.10 Å². The zero-order chi connectivity index (χ0) is 29.7. The molecule has 1 heterocycles. The molecule has 1 atom stereocenters. The number of anilines is 3. The van der Waals surface area contributed by atoms with Gasteiger partial charge in [0.1, 0.15) is 0 Å². The van der Waals surface area contributed by atoms with Gasteiger partial charge in [-0.2, -0.15) is 5.01 Å². The number of benzene rings is 3. The van der Waals surface area contributed by atoms with Gasteiger partial charge < -0.3 is 20.9 Å². The fourth-order valence-electron chi connectivity index (χ4n) is 5.01. The molecule has 3 aromatic carbocycles. The SMILES string of the molecule is CCN(CC)c1ccc(NC2(NC(C)=O)C(=O)N(c3ccccc3)N=C2NC(=O)Cc2cc(C)c(C)c(C)c2)cc1. The number of hydrazone groups is 1. The number of para-hydroxylation sites is 1. The first-order chi connectivity index (χ1) is 19.6. The summed E-state index contributed by atoms with van der Waals surface area (Å²) in [6.45, 7) is 13.3. The van der Waals surface area contributed by atoms with Gasteiger partial charge in [0.15, 0.2) is 5.84 Å². The average Bonchev–Trinajstić information content (AvgIpc) is 3.19. The molecule has 9 heteroatoms. The van der Waals surface area contributed by atoms with E-state index in [9.17, 15) is 14.4 Å². The van der Waals surface area contributed by atoms with Crippen molar-refractivity contribution in [3.63, 3.8) is 0 Å². The molecule has 3 aromatic rings. The van der Waals surface area contributed by atoms with E-state index in [2.05, 4.69) is 39.8 Å². The van der Waals surface area contributed by atoms with Crippen LogP contribution < -0.4 is 25.9 Å². The molecule has 1 aliphatic rings. The van der Waals surface area contributed by atoms with Gasteiger partial charge in [0, 0.05) is 31.4 Å². The minimum Gasteiger partial charge on any atom is -0.372 e. The Labute approximate surface area is 241 Å². The van der Waals surface area contributed by atoms with Gasteiger partial charge in [-0.3, -0.25) is 14.4 Å². The van der Waals surface area contributed by atoms with Crippen LogP contribution in [0.4, 0.5) is 17.1 Å². The Morgan fingerprint density at radius 1 is 0.927 bits per heavy atom. The Balaban J connectivity index is 1.72. The second kappa shape index (κ2) is 12.2. The van der Waals surface area contributed by atoms with Crippen LogP contribution in [0.1, 0.15) is 43.0 Å². The summed E-state index contributed by atoms with van der Waals surface area (Å²) < 4.78 is 0. The molecule has 0 saturated heterocycles. The molecular formula is C32H38N6O3. The molecule has 1 aliphatic heterocycles. The van der Waals surface area contributed by atoms with Crippen molar-refractivity contribution >= 4 is 40.6 Å². The molecule has 0 aliphatic carbocycles. The highest BCUT2D eigenvalue weighted by atomic mass is 16.2. The molecule has 0 aromatic heterocycles. The largest absolute Gasteiger partial charge is 0.372 e. The Morgan fingerprint density at radius 3 is 2.10 bits per heavy atom. The van der Waals surface area contributed by atoms with E-state index < -0.39 is 17.5 Å². The molecule has 0 bridgehead atoms. The first kappa shape index (κ1) is 29.3. The Morgan fingerprint density at radius 2 is 1.54 bits per heavy atom. The van der Waals surface area contributed by atoms with Crippen LogP contribution >= 0.6 is 0 Å². The normalized spacial score (nSPS) is 16.3. The maximum Gasteiger partial charge on any atom is 0.302 e. The minimum absolute atomic E-state index is 0.0140. The van der Waals surface area contributed by atoms with Gasteiger partial charge in [-0.05, 0) is 93.3 Å². The van der Waals surface area contributed by atoms with Crippen LogP contribution in [0.25, 0.3) is 0 Å². The van der Waals surface area contributed by atoms with E-state index in [0.717, 1.165) is 35.5 Å². The number of hydrogen-bond acceptors (Lipinski definition) is 6. The van der Waals surface area contributed by atoms with Crippen molar-refractivity contribution in [1.82, 2.24) is 10.6 Å². The summed E-state index contributed by atoms with van der Waals surface area (Å²) in [4.78, 5) is 42.2. The van der Waals surface area contributed by atoms with Gasteiger partial charge in [-0.25, -0.2) is 0 Å². The molecule has 41 heavy (non-hydrogen) atoms. The van der Waals surface area contributed by atoms with E-state index in [-0.39, 0.29) is 18.2 Å². The zero-order valence-electron chi connectivity index (χ0n) is 24.5. The van der Waals surface area contributed by atoms with Gasteiger partial charge in [0.2, 0.25) is 11.8 Å². The standard InChI is InChI=1S/C32H38N6O3/c1-7-37(8-2)27-16-14-26(15-17-27)35-32(34-24(6)39)30(36-38(31(32)41)28-12-10-9-11-13-28)33-29(40)20-25-18-21(3)23(5)22(4)19-25/h9-19,35H,7-8,20H2,1-6H3,(H,34,39)(H,33,36,40). The van der Waals surface area contributed by atoms with Crippen LogP contribution in [0.3, 0.4) is 0 Å². The minimum atomic E-state index is -1.84. The second-order valence-electron chi connectivity index (χ2n) is 10.3. The number of amidine groups is 1. The van der Waals surface area contributed by atoms with Gasteiger partial charge in [-0.1, -0.05) is 30.3 Å². The summed E-state index contributed by atoms with van der Waals surface area (Å²) in [5, 5.41) is 14.5. The van der Waals surface area contributed by atoms with E-state index in [4.69, 9.17) is 0 Å². The van der Waals surface area contributed by atoms with Crippen LogP contribution in [-0.2, 0) is 20.8 Å². The average molecular weight is 555 g/mol. The summed E-state index contributed by atoms with van der Waals surface area (Å²) in [6, 6.07) is 20.4. The second-order valence-corrected chi connectivity index (χ2v) is 10.3. The molecule has 214 valence electrons. The van der Waals surface area contributed by atoms with E-state index in [0.29, 0.717) is 11.4 Å². The van der Waals surface area contributed by atoms with E-state index >= 15 is 0 Å². The first-order valence-corrected chi connectivity index (χ1v) is 13.8. The van der Waals surface area contributed by atoms with Crippen molar-refractivity contribution in [1.29, 1.82) is 0 Å². The maximum absolute atomic E-state index is 14.1. The van der Waals surface area contributed by atoms with Crippen LogP contribution in [0.15, 0.2) is 71.8 Å². The lowest BCUT2D eigenvalue weighted by molar-refractivity contribution is -0.127. The lowest BCUT2D eigenvalue weighted by Gasteiger charge is -2.32. The van der Waals surface area contributed by atoms with Crippen LogP contribution in [0, 0.1) is 20.8 Å². The summed E-state index contributed by atoms with van der Waals surface area (Å²) in [7, 11) is 0. The smallest absolute Gasteiger partial charge is 0.302 e. The van der Waals surface area contributed by atoms with Crippen LogP contribution in [0.5, 0.6) is 0 Å². The summed E-state index contributed by atoms with van der Waals surface area (Å²) >= 11 is 0. The number of carbonyl (C=O) groups is 3. The van der Waals surface area contributed by atoms with Crippen molar-refractivity contribution in [3.8, 4) is 0 Å². The number of aryl methyl sites for hydroxylation is 2. The van der Waals surface area contributed by atoms with Crippen molar-refractivity contribution in [2.75, 3.05) is 28.3 Å². The number of hydrogen-bond donors (Lipinski definition) is 3. The van der Waals surface area contributed by atoms with Crippen LogP contribution in [0.2, 0.25) is 0 Å². The molecule has 1 unspecified atom stereocenters. The topological polar surface area (TPSA) is 106 Å². The summed E-state index contributed by atoms with van der Waals surface area (Å²) in [5.74, 6) is -1.39. The van der Waals surface area contributed by atoms with E-state index in [1.165, 1.54) is 17.5 Å². The fraction of sp³-hybridized carbons (Fsp3) is 0.312. The van der Waals surface area contributed by atoms with E-state index in [1.54, 1.807) is 24.3 Å². The predicted molar refractivity (Wildman–Crippen MR) is 164 cm³/mol. The zero-order valence-corrected chi connectivity index (χ0v) is 24.5. The van der Waals surface area contributed by atoms with Gasteiger partial charge in [-0.15, -0.1) is 5.10 Å². The highest BCUT2D eigenvalue weighted by molar-refractivity contribution is 6.27. The number of nitrogens with zero attached hydrogens (tertiary/aromatic N) is 3. The third kappa shape index (κ3) is 6.24. The molecule has 0 fully saturated rings. The van der Waals surface area contributed by atoms with Crippen molar-refractivity contribution in [2.45, 2.75) is 53.6 Å². The quantitative estimate of drug-likeness (QED) is 0.340. The van der Waals surface area contributed by atoms with Gasteiger partial charge in [0.25, 0.3) is 5.66 Å². The molecule has 3 amide bonds. The number of carbonyl (C=O) groups excluding carboxylic acids is 3. The Hall–Kier alpha value is -4.66. The highest BCUT2D eigenvalue weighted by Crippen LogP contribution is 2.29.